The number of thioether (sulfide) groups is 1. The van der Waals surface area contributed by atoms with Gasteiger partial charge >= 0.3 is 12.1 Å². The molecule has 2 aromatic heterocycles. The fourth-order valence-corrected chi connectivity index (χ4v) is 6.28. The third kappa shape index (κ3) is 4.41. The number of alkyl halides is 3. The Labute approximate surface area is 200 Å². The standard InChI is InChI=1S/C25H17F3N2O2S2/c26-25(27,28)16-4-1-3-14(9-16)24(19-5-2-6-21-20(19)12-29-30-21)34-17-7-8-18-15(10-23(31)32)13-33-22(18)11-17/h1-9,11-13,24H,10H2,(H,29,30)(H,31,32). The number of hydrogen-bond donors (Lipinski definition) is 2. The summed E-state index contributed by atoms with van der Waals surface area (Å²) in [4.78, 5) is 12.0. The van der Waals surface area contributed by atoms with Crippen LogP contribution in [0, 0.1) is 0 Å². The van der Waals surface area contributed by atoms with Crippen LogP contribution in [0.25, 0.3) is 21.0 Å². The normalized spacial score (nSPS) is 12.9. The molecule has 0 saturated heterocycles. The molecule has 34 heavy (non-hydrogen) atoms. The minimum Gasteiger partial charge on any atom is -0.481 e. The van der Waals surface area contributed by atoms with Crippen LogP contribution < -0.4 is 0 Å². The molecule has 0 fully saturated rings. The molecule has 0 spiro atoms. The summed E-state index contributed by atoms with van der Waals surface area (Å²) in [5, 5.41) is 19.3. The molecule has 1 atom stereocenters. The van der Waals surface area contributed by atoms with Crippen molar-refractivity contribution >= 4 is 50.1 Å². The van der Waals surface area contributed by atoms with E-state index < -0.39 is 23.0 Å². The van der Waals surface area contributed by atoms with Crippen molar-refractivity contribution in [2.24, 2.45) is 0 Å². The Morgan fingerprint density at radius 1 is 1.09 bits per heavy atom. The predicted octanol–water partition coefficient (Wildman–Crippen LogP) is 7.31. The molecule has 0 aliphatic carbocycles. The minimum atomic E-state index is -4.44. The third-order valence-corrected chi connectivity index (χ3v) is 7.82. The quantitative estimate of drug-likeness (QED) is 0.241. The van der Waals surface area contributed by atoms with Gasteiger partial charge in [-0.3, -0.25) is 9.89 Å². The van der Waals surface area contributed by atoms with Gasteiger partial charge in [-0.2, -0.15) is 18.3 Å². The van der Waals surface area contributed by atoms with Gasteiger partial charge in [-0.15, -0.1) is 23.1 Å². The number of aliphatic carboxylic acids is 1. The molecule has 172 valence electrons. The first-order valence-corrected chi connectivity index (χ1v) is 12.0. The maximum Gasteiger partial charge on any atom is 0.416 e. The number of aromatic amines is 1. The molecule has 9 heteroatoms. The van der Waals surface area contributed by atoms with Gasteiger partial charge in [0.1, 0.15) is 0 Å². The number of H-pyrrole nitrogens is 1. The largest absolute Gasteiger partial charge is 0.481 e. The van der Waals surface area contributed by atoms with Crippen molar-refractivity contribution in [2.75, 3.05) is 0 Å². The van der Waals surface area contributed by atoms with E-state index in [4.69, 9.17) is 5.11 Å². The predicted molar refractivity (Wildman–Crippen MR) is 128 cm³/mol. The molecule has 0 saturated carbocycles. The number of halogens is 3. The van der Waals surface area contributed by atoms with Crippen molar-refractivity contribution in [3.63, 3.8) is 0 Å². The molecule has 2 N–H and O–H groups in total. The summed E-state index contributed by atoms with van der Waals surface area (Å²) in [5.41, 5.74) is 2.26. The summed E-state index contributed by atoms with van der Waals surface area (Å²) in [7, 11) is 0. The van der Waals surface area contributed by atoms with E-state index in [0.717, 1.165) is 43.1 Å². The number of carbonyl (C=O) groups is 1. The molecular weight excluding hydrogens is 481 g/mol. The average molecular weight is 499 g/mol. The number of nitrogens with one attached hydrogen (secondary N) is 1. The Balaban J connectivity index is 1.59. The first-order chi connectivity index (χ1) is 16.3. The van der Waals surface area contributed by atoms with Crippen LogP contribution >= 0.6 is 23.1 Å². The van der Waals surface area contributed by atoms with Gasteiger partial charge < -0.3 is 5.11 Å². The molecule has 2 heterocycles. The second-order valence-corrected chi connectivity index (χ2v) is 9.88. The third-order valence-electron chi connectivity index (χ3n) is 5.54. The van der Waals surface area contributed by atoms with Crippen molar-refractivity contribution in [2.45, 2.75) is 22.7 Å². The topological polar surface area (TPSA) is 66.0 Å². The van der Waals surface area contributed by atoms with E-state index in [0.29, 0.717) is 5.56 Å². The zero-order valence-electron chi connectivity index (χ0n) is 17.5. The Bertz CT molecular complexity index is 1510. The number of carboxylic acid groups (broad SMARTS) is 1. The second-order valence-electron chi connectivity index (χ2n) is 7.79. The fraction of sp³-hybridized carbons (Fsp3) is 0.120. The van der Waals surface area contributed by atoms with Gasteiger partial charge in [0, 0.05) is 15.0 Å². The molecule has 0 aliphatic rings. The van der Waals surface area contributed by atoms with Crippen LogP contribution in [0.3, 0.4) is 0 Å². The summed E-state index contributed by atoms with van der Waals surface area (Å²) in [6.07, 6.45) is -2.81. The lowest BCUT2D eigenvalue weighted by molar-refractivity contribution is -0.138. The van der Waals surface area contributed by atoms with Crippen LogP contribution in [0.15, 0.2) is 77.1 Å². The van der Waals surface area contributed by atoms with E-state index in [-0.39, 0.29) is 6.42 Å². The maximum atomic E-state index is 13.5. The lowest BCUT2D eigenvalue weighted by Crippen LogP contribution is -2.06. The van der Waals surface area contributed by atoms with E-state index >= 15 is 0 Å². The van der Waals surface area contributed by atoms with Crippen molar-refractivity contribution in [1.82, 2.24) is 10.2 Å². The van der Waals surface area contributed by atoms with Gasteiger partial charge in [-0.1, -0.05) is 36.4 Å². The number of aromatic nitrogens is 2. The summed E-state index contributed by atoms with van der Waals surface area (Å²) in [6.45, 7) is 0. The highest BCUT2D eigenvalue weighted by Crippen LogP contribution is 2.45. The highest BCUT2D eigenvalue weighted by molar-refractivity contribution is 7.99. The molecule has 0 aliphatic heterocycles. The molecule has 0 radical (unpaired) electrons. The SMILES string of the molecule is O=C(O)Cc1csc2cc(SC(c3cccc(C(F)(F)F)c3)c3cccc4[nH]ncc34)ccc12. The number of hydrogen-bond acceptors (Lipinski definition) is 4. The summed E-state index contributed by atoms with van der Waals surface area (Å²) >= 11 is 2.91. The van der Waals surface area contributed by atoms with Gasteiger partial charge in [-0.25, -0.2) is 0 Å². The number of carboxylic acids is 1. The van der Waals surface area contributed by atoms with Crippen LogP contribution in [0.4, 0.5) is 13.2 Å². The lowest BCUT2D eigenvalue weighted by atomic mass is 9.99. The van der Waals surface area contributed by atoms with E-state index in [2.05, 4.69) is 10.2 Å². The number of thiophene rings is 1. The molecule has 5 aromatic rings. The molecule has 0 bridgehead atoms. The number of benzene rings is 3. The first kappa shape index (κ1) is 22.5. The molecular formula is C25H17F3N2O2S2. The van der Waals surface area contributed by atoms with E-state index in [1.54, 1.807) is 12.3 Å². The molecule has 4 nitrogen and oxygen atoms in total. The Hall–Kier alpha value is -3.30. The maximum absolute atomic E-state index is 13.5. The zero-order chi connectivity index (χ0) is 23.9. The van der Waals surface area contributed by atoms with Crippen LogP contribution in [0.2, 0.25) is 0 Å². The van der Waals surface area contributed by atoms with E-state index in [1.807, 2.05) is 41.8 Å². The Morgan fingerprint density at radius 3 is 2.71 bits per heavy atom. The Kier molecular flexibility index (Phi) is 5.83. The van der Waals surface area contributed by atoms with Crippen LogP contribution in [0.1, 0.15) is 27.5 Å². The van der Waals surface area contributed by atoms with Crippen LogP contribution in [-0.4, -0.2) is 21.3 Å². The number of nitrogens with zero attached hydrogens (tertiary/aromatic N) is 1. The highest BCUT2D eigenvalue weighted by atomic mass is 32.2. The second kappa shape index (κ2) is 8.81. The average Bonchev–Trinajstić information content (AvgIpc) is 3.43. The van der Waals surface area contributed by atoms with Gasteiger partial charge in [0.15, 0.2) is 0 Å². The van der Waals surface area contributed by atoms with Gasteiger partial charge in [0.25, 0.3) is 0 Å². The monoisotopic (exact) mass is 498 g/mol. The highest BCUT2D eigenvalue weighted by Gasteiger charge is 2.31. The smallest absolute Gasteiger partial charge is 0.416 e. The van der Waals surface area contributed by atoms with Gasteiger partial charge in [-0.05, 0) is 51.7 Å². The summed E-state index contributed by atoms with van der Waals surface area (Å²) in [6, 6.07) is 16.8. The fourth-order valence-electron chi connectivity index (χ4n) is 3.98. The van der Waals surface area contributed by atoms with Crippen LogP contribution in [-0.2, 0) is 17.4 Å². The van der Waals surface area contributed by atoms with E-state index in [1.165, 1.54) is 35.2 Å². The molecule has 5 rings (SSSR count). The molecule has 0 amide bonds. The van der Waals surface area contributed by atoms with Crippen LogP contribution in [0.5, 0.6) is 0 Å². The van der Waals surface area contributed by atoms with Crippen molar-refractivity contribution in [3.8, 4) is 0 Å². The minimum absolute atomic E-state index is 0.0537. The summed E-state index contributed by atoms with van der Waals surface area (Å²) in [5.74, 6) is -0.893. The summed E-state index contributed by atoms with van der Waals surface area (Å²) < 4.78 is 41.3. The van der Waals surface area contributed by atoms with E-state index in [9.17, 15) is 18.0 Å². The zero-order valence-corrected chi connectivity index (χ0v) is 19.1. The number of rotatable bonds is 6. The molecule has 1 unspecified atom stereocenters. The lowest BCUT2D eigenvalue weighted by Gasteiger charge is -2.20. The number of fused-ring (bicyclic) bond motifs is 2. The molecule has 3 aromatic carbocycles. The van der Waals surface area contributed by atoms with Gasteiger partial charge in [0.05, 0.1) is 28.9 Å². The Morgan fingerprint density at radius 2 is 1.91 bits per heavy atom. The van der Waals surface area contributed by atoms with Crippen molar-refractivity contribution in [3.05, 3.63) is 94.5 Å². The van der Waals surface area contributed by atoms with Crippen molar-refractivity contribution in [1.29, 1.82) is 0 Å². The first-order valence-electron chi connectivity index (χ1n) is 10.3. The van der Waals surface area contributed by atoms with Gasteiger partial charge in [0.2, 0.25) is 0 Å². The van der Waals surface area contributed by atoms with Crippen molar-refractivity contribution < 1.29 is 23.1 Å².